The molecule has 2 aromatic carbocycles. The molecule has 0 spiro atoms. The van der Waals surface area contributed by atoms with Gasteiger partial charge in [-0.2, -0.15) is 0 Å². The molecule has 0 N–H and O–H groups in total. The molecule has 0 aromatic heterocycles. The van der Waals surface area contributed by atoms with E-state index in [2.05, 4.69) is 19.1 Å². The summed E-state index contributed by atoms with van der Waals surface area (Å²) in [5.74, 6) is 0.602. The van der Waals surface area contributed by atoms with Crippen LogP contribution in [-0.4, -0.2) is 19.9 Å². The van der Waals surface area contributed by atoms with Crippen molar-refractivity contribution in [3.8, 4) is 5.75 Å². The molecule has 0 fully saturated rings. The Kier molecular flexibility index (Phi) is 4.08. The molecule has 2 aromatic rings. The molecule has 3 nitrogen and oxygen atoms in total. The Balaban J connectivity index is 2.51. The predicted octanol–water partition coefficient (Wildman–Crippen LogP) is 3.97. The third kappa shape index (κ3) is 2.67. The van der Waals surface area contributed by atoms with E-state index in [4.69, 9.17) is 4.74 Å². The summed E-state index contributed by atoms with van der Waals surface area (Å²) in [5.41, 5.74) is 3.70. The van der Waals surface area contributed by atoms with Crippen LogP contribution in [0.25, 0.3) is 0 Å². The summed E-state index contributed by atoms with van der Waals surface area (Å²) >= 11 is 0. The fraction of sp³-hybridized carbons (Fsp3) is 0.235. The van der Waals surface area contributed by atoms with Crippen LogP contribution in [0, 0.1) is 6.92 Å². The van der Waals surface area contributed by atoms with E-state index in [-0.39, 0.29) is 5.78 Å². The number of benzene rings is 2. The fourth-order valence-electron chi connectivity index (χ4n) is 2.23. The minimum atomic E-state index is -0.00332. The first-order valence-corrected chi connectivity index (χ1v) is 6.53. The first-order chi connectivity index (χ1) is 9.54. The molecule has 0 unspecified atom stereocenters. The number of Topliss-reactive ketones (excluding diaryl/α,β-unsaturated/α-hetero) is 1. The van der Waals surface area contributed by atoms with Gasteiger partial charge in [0.25, 0.3) is 0 Å². The third-order valence-corrected chi connectivity index (χ3v) is 3.36. The third-order valence-electron chi connectivity index (χ3n) is 3.36. The lowest BCUT2D eigenvalue weighted by Crippen LogP contribution is -2.14. The molecule has 0 saturated carbocycles. The van der Waals surface area contributed by atoms with Gasteiger partial charge in [0.1, 0.15) is 5.75 Å². The molecule has 3 heteroatoms. The van der Waals surface area contributed by atoms with Gasteiger partial charge in [-0.25, -0.2) is 0 Å². The van der Waals surface area contributed by atoms with Gasteiger partial charge in [-0.05, 0) is 38.1 Å². The Hall–Kier alpha value is -2.29. The van der Waals surface area contributed by atoms with E-state index in [0.717, 1.165) is 11.4 Å². The van der Waals surface area contributed by atoms with Crippen molar-refractivity contribution in [1.29, 1.82) is 0 Å². The average Bonchev–Trinajstić information content (AvgIpc) is 2.46. The van der Waals surface area contributed by atoms with E-state index in [1.807, 2.05) is 42.3 Å². The van der Waals surface area contributed by atoms with Crippen molar-refractivity contribution in [3.05, 3.63) is 53.6 Å². The standard InChI is InChI=1S/C17H19NO2/c1-12-8-10-14(11-9-12)18(3)15-6-5-7-16(20-4)17(15)13(2)19/h5-11H,1-4H3. The molecule has 20 heavy (non-hydrogen) atoms. The van der Waals surface area contributed by atoms with Crippen molar-refractivity contribution in [2.45, 2.75) is 13.8 Å². The Morgan fingerprint density at radius 3 is 2.30 bits per heavy atom. The second kappa shape index (κ2) is 5.78. The van der Waals surface area contributed by atoms with E-state index in [9.17, 15) is 4.79 Å². The van der Waals surface area contributed by atoms with Gasteiger partial charge in [0.05, 0.1) is 18.4 Å². The van der Waals surface area contributed by atoms with Crippen molar-refractivity contribution in [2.75, 3.05) is 19.1 Å². The number of hydrogen-bond acceptors (Lipinski definition) is 3. The SMILES string of the molecule is COc1cccc(N(C)c2ccc(C)cc2)c1C(C)=O. The molecule has 0 aliphatic rings. The highest BCUT2D eigenvalue weighted by Gasteiger charge is 2.17. The summed E-state index contributed by atoms with van der Waals surface area (Å²) in [6, 6.07) is 13.8. The van der Waals surface area contributed by atoms with Gasteiger partial charge in [-0.15, -0.1) is 0 Å². The zero-order valence-electron chi connectivity index (χ0n) is 12.3. The first kappa shape index (κ1) is 14.1. The van der Waals surface area contributed by atoms with Crippen molar-refractivity contribution >= 4 is 17.2 Å². The first-order valence-electron chi connectivity index (χ1n) is 6.53. The van der Waals surface area contributed by atoms with Crippen LogP contribution in [-0.2, 0) is 0 Å². The highest BCUT2D eigenvalue weighted by atomic mass is 16.5. The summed E-state index contributed by atoms with van der Waals surface area (Å²) in [5, 5.41) is 0. The number of carbonyl (C=O) groups excluding carboxylic acids is 1. The van der Waals surface area contributed by atoms with Crippen LogP contribution in [0.1, 0.15) is 22.8 Å². The van der Waals surface area contributed by atoms with E-state index in [1.165, 1.54) is 5.56 Å². The second-order valence-corrected chi connectivity index (χ2v) is 4.81. The smallest absolute Gasteiger partial charge is 0.165 e. The Bertz CT molecular complexity index is 617. The molecule has 104 valence electrons. The Labute approximate surface area is 119 Å². The van der Waals surface area contributed by atoms with Gasteiger partial charge in [0.15, 0.2) is 5.78 Å². The molecular weight excluding hydrogens is 250 g/mol. The molecule has 0 heterocycles. The minimum absolute atomic E-state index is 0.00332. The summed E-state index contributed by atoms with van der Waals surface area (Å²) in [6.07, 6.45) is 0. The number of methoxy groups -OCH3 is 1. The highest BCUT2D eigenvalue weighted by molar-refractivity contribution is 6.03. The summed E-state index contributed by atoms with van der Waals surface area (Å²) in [6.45, 7) is 3.61. The summed E-state index contributed by atoms with van der Waals surface area (Å²) < 4.78 is 5.30. The van der Waals surface area contributed by atoms with Gasteiger partial charge in [-0.1, -0.05) is 23.8 Å². The molecule has 2 rings (SSSR count). The molecule has 0 radical (unpaired) electrons. The number of carbonyl (C=O) groups is 1. The largest absolute Gasteiger partial charge is 0.496 e. The van der Waals surface area contributed by atoms with Crippen molar-refractivity contribution in [3.63, 3.8) is 0 Å². The topological polar surface area (TPSA) is 29.5 Å². The minimum Gasteiger partial charge on any atom is -0.496 e. The summed E-state index contributed by atoms with van der Waals surface area (Å²) in [7, 11) is 3.53. The highest BCUT2D eigenvalue weighted by Crippen LogP contribution is 2.33. The zero-order chi connectivity index (χ0) is 14.7. The van der Waals surface area contributed by atoms with Gasteiger partial charge < -0.3 is 9.64 Å². The van der Waals surface area contributed by atoms with Crippen LogP contribution >= 0.6 is 0 Å². The number of nitrogens with zero attached hydrogens (tertiary/aromatic N) is 1. The number of aryl methyl sites for hydroxylation is 1. The monoisotopic (exact) mass is 269 g/mol. The molecule has 0 atom stereocenters. The number of ether oxygens (including phenoxy) is 1. The molecule has 0 aliphatic carbocycles. The van der Waals surface area contributed by atoms with Crippen LogP contribution in [0.3, 0.4) is 0 Å². The van der Waals surface area contributed by atoms with Crippen molar-refractivity contribution in [1.82, 2.24) is 0 Å². The van der Waals surface area contributed by atoms with E-state index >= 15 is 0 Å². The van der Waals surface area contributed by atoms with Crippen molar-refractivity contribution in [2.24, 2.45) is 0 Å². The Morgan fingerprint density at radius 2 is 1.75 bits per heavy atom. The van der Waals surface area contributed by atoms with E-state index in [1.54, 1.807) is 14.0 Å². The second-order valence-electron chi connectivity index (χ2n) is 4.81. The maximum absolute atomic E-state index is 11.9. The van der Waals surface area contributed by atoms with E-state index < -0.39 is 0 Å². The normalized spacial score (nSPS) is 10.2. The molecule has 0 amide bonds. The van der Waals surface area contributed by atoms with Gasteiger partial charge in [-0.3, -0.25) is 4.79 Å². The number of anilines is 2. The maximum Gasteiger partial charge on any atom is 0.165 e. The van der Waals surface area contributed by atoms with Crippen LogP contribution in [0.15, 0.2) is 42.5 Å². The van der Waals surface area contributed by atoms with Crippen LogP contribution < -0.4 is 9.64 Å². The van der Waals surface area contributed by atoms with Crippen LogP contribution in [0.5, 0.6) is 5.75 Å². The fourth-order valence-corrected chi connectivity index (χ4v) is 2.23. The number of ketones is 1. The lowest BCUT2D eigenvalue weighted by atomic mass is 10.1. The molecular formula is C17H19NO2. The lowest BCUT2D eigenvalue weighted by molar-refractivity contribution is 0.101. The maximum atomic E-state index is 11.9. The quantitative estimate of drug-likeness (QED) is 0.786. The van der Waals surface area contributed by atoms with Crippen LogP contribution in [0.4, 0.5) is 11.4 Å². The molecule has 0 aliphatic heterocycles. The predicted molar refractivity (Wildman–Crippen MR) is 82.2 cm³/mol. The molecule has 0 bridgehead atoms. The number of hydrogen-bond donors (Lipinski definition) is 0. The van der Waals surface area contributed by atoms with E-state index in [0.29, 0.717) is 11.3 Å². The van der Waals surface area contributed by atoms with Gasteiger partial charge in [0, 0.05) is 12.7 Å². The van der Waals surface area contributed by atoms with Crippen LogP contribution in [0.2, 0.25) is 0 Å². The summed E-state index contributed by atoms with van der Waals surface area (Å²) in [4.78, 5) is 13.9. The zero-order valence-corrected chi connectivity index (χ0v) is 12.3. The van der Waals surface area contributed by atoms with Gasteiger partial charge in [0.2, 0.25) is 0 Å². The average molecular weight is 269 g/mol. The number of rotatable bonds is 4. The lowest BCUT2D eigenvalue weighted by Gasteiger charge is -2.23. The Morgan fingerprint density at radius 1 is 1.10 bits per heavy atom. The van der Waals surface area contributed by atoms with Crippen molar-refractivity contribution < 1.29 is 9.53 Å². The van der Waals surface area contributed by atoms with Gasteiger partial charge >= 0.3 is 0 Å². The molecule has 0 saturated heterocycles.